The summed E-state index contributed by atoms with van der Waals surface area (Å²) in [5.41, 5.74) is 4.58. The summed E-state index contributed by atoms with van der Waals surface area (Å²) in [6.07, 6.45) is 4.19. The number of benzene rings is 1. The van der Waals surface area contributed by atoms with Gasteiger partial charge in [0.15, 0.2) is 11.5 Å². The molecule has 2 aromatic rings. The summed E-state index contributed by atoms with van der Waals surface area (Å²) in [5, 5.41) is 10.5. The number of aryl methyl sites for hydroxylation is 1. The van der Waals surface area contributed by atoms with Crippen molar-refractivity contribution in [2.45, 2.75) is 38.1 Å². The molecular formula is C20H26N4O3. The first-order chi connectivity index (χ1) is 13.2. The fraction of sp³-hybridized carbons (Fsp3) is 0.500. The molecule has 2 aliphatic rings. The molecule has 4 rings (SSSR count). The van der Waals surface area contributed by atoms with Crippen molar-refractivity contribution in [2.24, 2.45) is 0 Å². The lowest BCUT2D eigenvalue weighted by Gasteiger charge is -2.19. The molecule has 0 saturated carbocycles. The molecule has 7 heteroatoms. The van der Waals surface area contributed by atoms with Crippen molar-refractivity contribution in [3.8, 4) is 11.5 Å². The Labute approximate surface area is 159 Å². The third-order valence-corrected chi connectivity index (χ3v) is 5.65. The Morgan fingerprint density at radius 3 is 3.04 bits per heavy atom. The van der Waals surface area contributed by atoms with E-state index in [0.717, 1.165) is 48.6 Å². The number of hydrogen-bond donors (Lipinski definition) is 2. The van der Waals surface area contributed by atoms with Crippen LogP contribution in [-0.2, 0) is 19.4 Å². The first-order valence-corrected chi connectivity index (χ1v) is 9.50. The predicted molar refractivity (Wildman–Crippen MR) is 101 cm³/mol. The number of carbonyl (C=O) groups excluding carboxylic acids is 1. The number of nitrogens with one attached hydrogen (secondary N) is 2. The summed E-state index contributed by atoms with van der Waals surface area (Å²) < 4.78 is 11.0. The number of ether oxygens (including phenoxy) is 2. The highest BCUT2D eigenvalue weighted by atomic mass is 16.5. The zero-order valence-electron chi connectivity index (χ0n) is 15.9. The normalized spacial score (nSPS) is 18.4. The second-order valence-electron chi connectivity index (χ2n) is 7.15. The third kappa shape index (κ3) is 3.34. The maximum absolute atomic E-state index is 12.6. The summed E-state index contributed by atoms with van der Waals surface area (Å²) in [7, 11) is 3.30. The lowest BCUT2D eigenvalue weighted by molar-refractivity contribution is 0.207. The lowest BCUT2D eigenvalue weighted by Crippen LogP contribution is -2.38. The Morgan fingerprint density at radius 2 is 2.22 bits per heavy atom. The second kappa shape index (κ2) is 7.50. The molecule has 0 unspecified atom stereocenters. The predicted octanol–water partition coefficient (Wildman–Crippen LogP) is 2.61. The molecule has 2 heterocycles. The topological polar surface area (TPSA) is 79.5 Å². The van der Waals surface area contributed by atoms with Gasteiger partial charge in [-0.05, 0) is 37.3 Å². The summed E-state index contributed by atoms with van der Waals surface area (Å²) in [5.74, 6) is 1.74. The molecule has 1 aliphatic heterocycles. The third-order valence-electron chi connectivity index (χ3n) is 5.65. The molecule has 0 spiro atoms. The van der Waals surface area contributed by atoms with Crippen LogP contribution in [0.3, 0.4) is 0 Å². The minimum absolute atomic E-state index is 0.0332. The summed E-state index contributed by atoms with van der Waals surface area (Å²) in [6.45, 7) is 1.89. The monoisotopic (exact) mass is 370 g/mol. The van der Waals surface area contributed by atoms with E-state index in [1.54, 1.807) is 14.2 Å². The Kier molecular flexibility index (Phi) is 4.92. The number of carbonyl (C=O) groups is 1. The van der Waals surface area contributed by atoms with E-state index in [4.69, 9.17) is 9.47 Å². The average molecular weight is 370 g/mol. The minimum Gasteiger partial charge on any atom is -0.493 e. The molecule has 27 heavy (non-hydrogen) atoms. The van der Waals surface area contributed by atoms with Gasteiger partial charge < -0.3 is 19.7 Å². The maximum atomic E-state index is 12.6. The Balaban J connectivity index is 1.38. The van der Waals surface area contributed by atoms with Gasteiger partial charge in [0.2, 0.25) is 0 Å². The van der Waals surface area contributed by atoms with Gasteiger partial charge in [-0.2, -0.15) is 5.10 Å². The second-order valence-corrected chi connectivity index (χ2v) is 7.15. The molecule has 1 aromatic carbocycles. The van der Waals surface area contributed by atoms with Gasteiger partial charge in [-0.1, -0.05) is 12.1 Å². The van der Waals surface area contributed by atoms with Crippen LogP contribution in [0.4, 0.5) is 4.79 Å². The molecular weight excluding hydrogens is 344 g/mol. The van der Waals surface area contributed by atoms with Crippen LogP contribution in [0.25, 0.3) is 0 Å². The number of urea groups is 1. The van der Waals surface area contributed by atoms with Crippen molar-refractivity contribution in [1.82, 2.24) is 20.4 Å². The van der Waals surface area contributed by atoms with Crippen LogP contribution < -0.4 is 14.8 Å². The number of fused-ring (bicyclic) bond motifs is 1. The maximum Gasteiger partial charge on any atom is 0.317 e. The Morgan fingerprint density at radius 1 is 1.33 bits per heavy atom. The lowest BCUT2D eigenvalue weighted by atomic mass is 9.97. The van der Waals surface area contributed by atoms with Crippen LogP contribution in [0, 0.1) is 0 Å². The highest BCUT2D eigenvalue weighted by molar-refractivity contribution is 5.74. The van der Waals surface area contributed by atoms with Gasteiger partial charge in [0, 0.05) is 30.3 Å². The Hall–Kier alpha value is -2.70. The fourth-order valence-corrected chi connectivity index (χ4v) is 4.24. The minimum atomic E-state index is -0.0332. The van der Waals surface area contributed by atoms with E-state index in [0.29, 0.717) is 13.1 Å². The molecule has 144 valence electrons. The molecule has 1 aliphatic carbocycles. The van der Waals surface area contributed by atoms with Crippen molar-refractivity contribution in [2.75, 3.05) is 27.3 Å². The number of likely N-dealkylation sites (tertiary alicyclic amines) is 1. The van der Waals surface area contributed by atoms with Gasteiger partial charge >= 0.3 is 6.03 Å². The molecule has 2 N–H and O–H groups in total. The van der Waals surface area contributed by atoms with E-state index in [1.165, 1.54) is 17.7 Å². The number of hydrogen-bond acceptors (Lipinski definition) is 4. The van der Waals surface area contributed by atoms with E-state index >= 15 is 0 Å². The molecule has 1 atom stereocenters. The molecule has 2 amide bonds. The molecule has 1 fully saturated rings. The van der Waals surface area contributed by atoms with Crippen LogP contribution in [0.15, 0.2) is 18.2 Å². The smallest absolute Gasteiger partial charge is 0.317 e. The molecule has 1 saturated heterocycles. The van der Waals surface area contributed by atoms with E-state index in [1.807, 2.05) is 17.0 Å². The Bertz CT molecular complexity index is 833. The van der Waals surface area contributed by atoms with Gasteiger partial charge in [0.25, 0.3) is 0 Å². The number of rotatable bonds is 5. The fourth-order valence-electron chi connectivity index (χ4n) is 4.24. The van der Waals surface area contributed by atoms with E-state index in [-0.39, 0.29) is 11.9 Å². The van der Waals surface area contributed by atoms with Crippen LogP contribution in [0.1, 0.15) is 41.3 Å². The van der Waals surface area contributed by atoms with Gasteiger partial charge in [0.1, 0.15) is 0 Å². The van der Waals surface area contributed by atoms with E-state index in [9.17, 15) is 4.79 Å². The first-order valence-electron chi connectivity index (χ1n) is 9.50. The van der Waals surface area contributed by atoms with Gasteiger partial charge in [-0.3, -0.25) is 5.10 Å². The molecule has 1 aromatic heterocycles. The van der Waals surface area contributed by atoms with Crippen LogP contribution >= 0.6 is 0 Å². The highest BCUT2D eigenvalue weighted by Crippen LogP contribution is 2.39. The van der Waals surface area contributed by atoms with Crippen molar-refractivity contribution in [1.29, 1.82) is 0 Å². The van der Waals surface area contributed by atoms with Crippen LogP contribution in [-0.4, -0.2) is 48.4 Å². The van der Waals surface area contributed by atoms with Gasteiger partial charge in [-0.25, -0.2) is 4.79 Å². The highest BCUT2D eigenvalue weighted by Gasteiger charge is 2.30. The molecule has 0 radical (unpaired) electrons. The quantitative estimate of drug-likeness (QED) is 0.848. The van der Waals surface area contributed by atoms with Crippen molar-refractivity contribution in [3.05, 3.63) is 40.7 Å². The van der Waals surface area contributed by atoms with Crippen molar-refractivity contribution in [3.63, 3.8) is 0 Å². The summed E-state index contributed by atoms with van der Waals surface area (Å²) in [6, 6.07) is 5.89. The van der Waals surface area contributed by atoms with E-state index in [2.05, 4.69) is 21.6 Å². The average Bonchev–Trinajstić information content (AvgIpc) is 3.42. The van der Waals surface area contributed by atoms with Crippen molar-refractivity contribution < 1.29 is 14.3 Å². The zero-order valence-corrected chi connectivity index (χ0v) is 15.9. The number of aromatic nitrogens is 2. The number of aromatic amines is 1. The number of nitrogens with zero attached hydrogens (tertiary/aromatic N) is 2. The number of amides is 2. The number of H-pyrrole nitrogens is 1. The first kappa shape index (κ1) is 17.7. The summed E-state index contributed by atoms with van der Waals surface area (Å²) in [4.78, 5) is 14.5. The SMILES string of the molecule is COc1cccc([C@H]2CCN(C(=O)NCc3n[nH]c4c3CCC4)C2)c1OC. The summed E-state index contributed by atoms with van der Waals surface area (Å²) >= 11 is 0. The largest absolute Gasteiger partial charge is 0.493 e. The van der Waals surface area contributed by atoms with Gasteiger partial charge in [0.05, 0.1) is 26.5 Å². The van der Waals surface area contributed by atoms with E-state index < -0.39 is 0 Å². The van der Waals surface area contributed by atoms with Crippen molar-refractivity contribution >= 4 is 6.03 Å². The molecule has 0 bridgehead atoms. The van der Waals surface area contributed by atoms with Crippen LogP contribution in [0.2, 0.25) is 0 Å². The standard InChI is InChI=1S/C20H26N4O3/c1-26-18-8-4-5-14(19(18)27-2)13-9-10-24(12-13)20(25)21-11-17-15-6-3-7-16(15)22-23-17/h4-5,8,13H,3,6-7,9-12H2,1-2H3,(H,21,25)(H,22,23)/t13-/m0/s1. The zero-order chi connectivity index (χ0) is 18.8. The number of methoxy groups -OCH3 is 2. The van der Waals surface area contributed by atoms with Gasteiger partial charge in [-0.15, -0.1) is 0 Å². The molecule has 7 nitrogen and oxygen atoms in total. The van der Waals surface area contributed by atoms with Crippen LogP contribution in [0.5, 0.6) is 11.5 Å². The number of para-hydroxylation sites is 1.